The van der Waals surface area contributed by atoms with Crippen molar-refractivity contribution in [3.8, 4) is 5.75 Å². The van der Waals surface area contributed by atoms with E-state index >= 15 is 0 Å². The number of carboxylic acid groups (broad SMARTS) is 1. The molecular formula is C16H12F4O3. The number of aryl methyl sites for hydroxylation is 1. The van der Waals surface area contributed by atoms with Gasteiger partial charge in [-0.3, -0.25) is 0 Å². The highest BCUT2D eigenvalue weighted by Gasteiger charge is 2.30. The van der Waals surface area contributed by atoms with Crippen molar-refractivity contribution >= 4 is 5.97 Å². The lowest BCUT2D eigenvalue weighted by molar-refractivity contribution is -0.137. The van der Waals surface area contributed by atoms with Crippen LogP contribution in [-0.4, -0.2) is 11.1 Å². The zero-order valence-corrected chi connectivity index (χ0v) is 11.9. The molecule has 3 nitrogen and oxygen atoms in total. The molecule has 0 aliphatic rings. The van der Waals surface area contributed by atoms with E-state index in [4.69, 9.17) is 9.84 Å². The number of hydrogen-bond acceptors (Lipinski definition) is 2. The monoisotopic (exact) mass is 328 g/mol. The van der Waals surface area contributed by atoms with Gasteiger partial charge < -0.3 is 9.84 Å². The third-order valence-corrected chi connectivity index (χ3v) is 3.16. The Morgan fingerprint density at radius 2 is 1.87 bits per heavy atom. The van der Waals surface area contributed by atoms with Gasteiger partial charge in [0.15, 0.2) is 0 Å². The molecule has 0 unspecified atom stereocenters. The van der Waals surface area contributed by atoms with Crippen LogP contribution in [0.15, 0.2) is 36.4 Å². The van der Waals surface area contributed by atoms with Crippen LogP contribution in [0.2, 0.25) is 0 Å². The molecule has 0 heterocycles. The summed E-state index contributed by atoms with van der Waals surface area (Å²) in [4.78, 5) is 10.8. The predicted molar refractivity (Wildman–Crippen MR) is 73.9 cm³/mol. The van der Waals surface area contributed by atoms with E-state index in [9.17, 15) is 22.4 Å². The summed E-state index contributed by atoms with van der Waals surface area (Å²) in [5.74, 6) is -2.04. The molecule has 122 valence electrons. The van der Waals surface area contributed by atoms with Gasteiger partial charge in [0, 0.05) is 0 Å². The van der Waals surface area contributed by atoms with Crippen molar-refractivity contribution in [2.45, 2.75) is 19.7 Å². The number of carboxylic acids is 1. The highest BCUT2D eigenvalue weighted by molar-refractivity contribution is 5.88. The van der Waals surface area contributed by atoms with E-state index in [1.807, 2.05) is 0 Å². The van der Waals surface area contributed by atoms with Gasteiger partial charge in [0.25, 0.3) is 0 Å². The summed E-state index contributed by atoms with van der Waals surface area (Å²) in [7, 11) is 0. The normalized spacial score (nSPS) is 11.3. The zero-order chi connectivity index (χ0) is 17.2. The summed E-state index contributed by atoms with van der Waals surface area (Å²) in [6.07, 6.45) is -4.43. The quantitative estimate of drug-likeness (QED) is 0.845. The number of rotatable bonds is 4. The highest BCUT2D eigenvalue weighted by Crippen LogP contribution is 2.32. The lowest BCUT2D eigenvalue weighted by Gasteiger charge is -2.12. The predicted octanol–water partition coefficient (Wildman–Crippen LogP) is 4.43. The smallest absolute Gasteiger partial charge is 0.416 e. The van der Waals surface area contributed by atoms with Gasteiger partial charge in [-0.05, 0) is 48.4 Å². The van der Waals surface area contributed by atoms with Crippen molar-refractivity contribution in [2.75, 3.05) is 0 Å². The number of alkyl halides is 3. The van der Waals surface area contributed by atoms with Gasteiger partial charge in [-0.25, -0.2) is 9.18 Å². The first-order valence-electron chi connectivity index (χ1n) is 6.51. The van der Waals surface area contributed by atoms with Crippen molar-refractivity contribution in [1.82, 2.24) is 0 Å². The van der Waals surface area contributed by atoms with E-state index in [1.54, 1.807) is 0 Å². The fourth-order valence-electron chi connectivity index (χ4n) is 1.97. The summed E-state index contributed by atoms with van der Waals surface area (Å²) in [5.41, 5.74) is -0.587. The molecule has 2 aromatic carbocycles. The molecule has 0 aromatic heterocycles. The van der Waals surface area contributed by atoms with Crippen LogP contribution in [-0.2, 0) is 12.8 Å². The number of hydrogen-bond donors (Lipinski definition) is 1. The Morgan fingerprint density at radius 1 is 1.17 bits per heavy atom. The fourth-order valence-corrected chi connectivity index (χ4v) is 1.97. The van der Waals surface area contributed by atoms with Crippen molar-refractivity contribution in [1.29, 1.82) is 0 Å². The van der Waals surface area contributed by atoms with E-state index in [2.05, 4.69) is 0 Å². The van der Waals surface area contributed by atoms with Crippen molar-refractivity contribution < 1.29 is 32.2 Å². The Balaban J connectivity index is 2.15. The number of aromatic carboxylic acids is 1. The van der Waals surface area contributed by atoms with E-state index in [0.717, 1.165) is 24.3 Å². The second-order valence-electron chi connectivity index (χ2n) is 4.89. The SMILES string of the molecule is Cc1cc(C(F)(F)F)ccc1OCc1ccc(F)c(C(=O)O)c1. The van der Waals surface area contributed by atoms with Gasteiger partial charge in [-0.15, -0.1) is 0 Å². The Kier molecular flexibility index (Phi) is 4.58. The van der Waals surface area contributed by atoms with Crippen molar-refractivity contribution in [3.05, 3.63) is 64.5 Å². The molecule has 0 aliphatic heterocycles. The van der Waals surface area contributed by atoms with Gasteiger partial charge >= 0.3 is 12.1 Å². The van der Waals surface area contributed by atoms with E-state index < -0.39 is 29.1 Å². The lowest BCUT2D eigenvalue weighted by atomic mass is 10.1. The summed E-state index contributed by atoms with van der Waals surface area (Å²) < 4.78 is 56.4. The average molecular weight is 328 g/mol. The van der Waals surface area contributed by atoms with Crippen LogP contribution >= 0.6 is 0 Å². The number of benzene rings is 2. The molecule has 0 amide bonds. The molecule has 0 fully saturated rings. The molecule has 1 N–H and O–H groups in total. The maximum atomic E-state index is 13.3. The third-order valence-electron chi connectivity index (χ3n) is 3.16. The van der Waals surface area contributed by atoms with Crippen molar-refractivity contribution in [3.63, 3.8) is 0 Å². The van der Waals surface area contributed by atoms with Crippen LogP contribution in [0, 0.1) is 12.7 Å². The first kappa shape index (κ1) is 16.8. The van der Waals surface area contributed by atoms with Crippen LogP contribution < -0.4 is 4.74 Å². The second kappa shape index (κ2) is 6.28. The molecule has 0 saturated heterocycles. The molecular weight excluding hydrogens is 316 g/mol. The van der Waals surface area contributed by atoms with Crippen LogP contribution in [0.5, 0.6) is 5.75 Å². The summed E-state index contributed by atoms with van der Waals surface area (Å²) in [5, 5.41) is 8.84. The van der Waals surface area contributed by atoms with Gasteiger partial charge in [0.05, 0.1) is 11.1 Å². The molecule has 0 atom stereocenters. The minimum atomic E-state index is -4.43. The van der Waals surface area contributed by atoms with E-state index in [0.29, 0.717) is 11.1 Å². The third kappa shape index (κ3) is 4.00. The standard InChI is InChI=1S/C16H12F4O3/c1-9-6-11(16(18,19)20)3-5-14(9)23-8-10-2-4-13(17)12(7-10)15(21)22/h2-7H,8H2,1H3,(H,21,22). The Bertz CT molecular complexity index is 739. The van der Waals surface area contributed by atoms with Gasteiger partial charge in [-0.2, -0.15) is 13.2 Å². The zero-order valence-electron chi connectivity index (χ0n) is 11.9. The summed E-state index contributed by atoms with van der Waals surface area (Å²) in [6.45, 7) is 1.38. The Hall–Kier alpha value is -2.57. The molecule has 2 rings (SSSR count). The number of ether oxygens (including phenoxy) is 1. The second-order valence-corrected chi connectivity index (χ2v) is 4.89. The van der Waals surface area contributed by atoms with Gasteiger partial charge in [-0.1, -0.05) is 6.07 Å². The first-order chi connectivity index (χ1) is 10.7. The Labute approximate surface area is 129 Å². The van der Waals surface area contributed by atoms with Gasteiger partial charge in [0.2, 0.25) is 0 Å². The molecule has 23 heavy (non-hydrogen) atoms. The minimum Gasteiger partial charge on any atom is -0.489 e. The molecule has 2 aromatic rings. The fraction of sp³-hybridized carbons (Fsp3) is 0.188. The van der Waals surface area contributed by atoms with Crippen LogP contribution in [0.1, 0.15) is 27.0 Å². The molecule has 0 saturated carbocycles. The average Bonchev–Trinajstić information content (AvgIpc) is 2.46. The van der Waals surface area contributed by atoms with Crippen LogP contribution in [0.4, 0.5) is 17.6 Å². The van der Waals surface area contributed by atoms with E-state index in [1.165, 1.54) is 19.1 Å². The van der Waals surface area contributed by atoms with Crippen LogP contribution in [0.25, 0.3) is 0 Å². The van der Waals surface area contributed by atoms with E-state index in [-0.39, 0.29) is 12.4 Å². The lowest BCUT2D eigenvalue weighted by Crippen LogP contribution is -2.06. The topological polar surface area (TPSA) is 46.5 Å². The van der Waals surface area contributed by atoms with Crippen LogP contribution in [0.3, 0.4) is 0 Å². The summed E-state index contributed by atoms with van der Waals surface area (Å²) in [6, 6.07) is 6.53. The molecule has 0 bridgehead atoms. The first-order valence-corrected chi connectivity index (χ1v) is 6.51. The maximum absolute atomic E-state index is 13.3. The molecule has 7 heteroatoms. The minimum absolute atomic E-state index is 0.0905. The molecule has 0 aliphatic carbocycles. The summed E-state index contributed by atoms with van der Waals surface area (Å²) >= 11 is 0. The number of halogens is 4. The molecule has 0 radical (unpaired) electrons. The molecule has 0 spiro atoms. The highest BCUT2D eigenvalue weighted by atomic mass is 19.4. The van der Waals surface area contributed by atoms with Crippen molar-refractivity contribution in [2.24, 2.45) is 0 Å². The number of carbonyl (C=O) groups is 1. The maximum Gasteiger partial charge on any atom is 0.416 e. The van der Waals surface area contributed by atoms with Gasteiger partial charge in [0.1, 0.15) is 18.2 Å². The Morgan fingerprint density at radius 3 is 2.43 bits per heavy atom. The largest absolute Gasteiger partial charge is 0.489 e.